The molecule has 0 atom stereocenters. The van der Waals surface area contributed by atoms with E-state index in [4.69, 9.17) is 89.6 Å². The fourth-order valence-electron chi connectivity index (χ4n) is 5.96. The number of hydrogen-bond acceptors (Lipinski definition) is 4. The van der Waals surface area contributed by atoms with Gasteiger partial charge in [0.1, 0.15) is 45.2 Å². The summed E-state index contributed by atoms with van der Waals surface area (Å²) in [7, 11) is 0. The molecular weight excluding hydrogens is 709 g/mol. The van der Waals surface area contributed by atoms with Gasteiger partial charge in [0.2, 0.25) is 0 Å². The van der Waals surface area contributed by atoms with Crippen LogP contribution in [0, 0.1) is 0 Å². The SMILES string of the molecule is Clc1ccc2c3[nH]c(c2c1Cl)N=c1[nH]c(c2c(Cl)c(Cl)c(Cl)c(Cl)c12)=Nc1[nH]c(c2ccccc12)N=c1[nH]c(c2ccccc12)=N3. The van der Waals surface area contributed by atoms with Crippen LogP contribution in [0.2, 0.25) is 30.1 Å². The third-order valence-corrected chi connectivity index (χ3v) is 10.7. The van der Waals surface area contributed by atoms with Crippen LogP contribution in [0.3, 0.4) is 0 Å². The van der Waals surface area contributed by atoms with E-state index in [0.29, 0.717) is 76.8 Å². The maximum atomic E-state index is 6.83. The summed E-state index contributed by atoms with van der Waals surface area (Å²) < 4.78 is 0. The quantitative estimate of drug-likeness (QED) is 0.0883. The summed E-state index contributed by atoms with van der Waals surface area (Å²) in [5.41, 5.74) is 1.87. The molecule has 46 heavy (non-hydrogen) atoms. The average Bonchev–Trinajstić information content (AvgIpc) is 3.79. The van der Waals surface area contributed by atoms with E-state index >= 15 is 0 Å². The van der Waals surface area contributed by atoms with Crippen molar-refractivity contribution in [3.63, 3.8) is 0 Å². The van der Waals surface area contributed by atoms with Crippen molar-refractivity contribution in [2.45, 2.75) is 0 Å². The van der Waals surface area contributed by atoms with Gasteiger partial charge in [0.15, 0.2) is 0 Å². The highest BCUT2D eigenvalue weighted by molar-refractivity contribution is 6.55. The minimum atomic E-state index is 0.0856. The van der Waals surface area contributed by atoms with Crippen LogP contribution in [0.25, 0.3) is 43.1 Å². The third-order valence-electron chi connectivity index (χ3n) is 8.04. The van der Waals surface area contributed by atoms with Crippen molar-refractivity contribution >= 4 is 136 Å². The maximum Gasteiger partial charge on any atom is 0.143 e. The van der Waals surface area contributed by atoms with Crippen LogP contribution in [0.15, 0.2) is 80.6 Å². The monoisotopic (exact) mass is 720 g/mol. The van der Waals surface area contributed by atoms with Crippen LogP contribution in [-0.2, 0) is 0 Å². The molecule has 0 fully saturated rings. The second kappa shape index (κ2) is 10.2. The van der Waals surface area contributed by atoms with E-state index < -0.39 is 0 Å². The molecule has 0 unspecified atom stereocenters. The molecule has 9 rings (SSSR count). The van der Waals surface area contributed by atoms with Crippen molar-refractivity contribution < 1.29 is 0 Å². The summed E-state index contributed by atoms with van der Waals surface area (Å²) in [5, 5.41) is 6.71. The highest BCUT2D eigenvalue weighted by Crippen LogP contribution is 2.43. The number of H-pyrrole nitrogens is 4. The smallest absolute Gasteiger partial charge is 0.143 e. The fraction of sp³-hybridized carbons (Fsp3) is 0. The van der Waals surface area contributed by atoms with Gasteiger partial charge in [-0.25, -0.2) is 20.0 Å². The molecule has 0 radical (unpaired) electrons. The highest BCUT2D eigenvalue weighted by atomic mass is 35.5. The molecule has 8 aromatic rings. The number of aromatic amines is 4. The molecule has 14 heteroatoms. The van der Waals surface area contributed by atoms with E-state index in [1.165, 1.54) is 0 Å². The van der Waals surface area contributed by atoms with Crippen LogP contribution < -0.4 is 22.0 Å². The summed E-state index contributed by atoms with van der Waals surface area (Å²) in [6.45, 7) is 0. The Balaban J connectivity index is 1.55. The minimum Gasteiger partial charge on any atom is -0.324 e. The summed E-state index contributed by atoms with van der Waals surface area (Å²) in [4.78, 5) is 33.5. The van der Waals surface area contributed by atoms with Crippen molar-refractivity contribution in [1.82, 2.24) is 19.9 Å². The summed E-state index contributed by atoms with van der Waals surface area (Å²) in [6, 6.07) is 19.2. The molecule has 0 saturated heterocycles. The molecule has 0 amide bonds. The number of nitrogens with one attached hydrogen (secondary N) is 4. The van der Waals surface area contributed by atoms with Gasteiger partial charge >= 0.3 is 0 Å². The van der Waals surface area contributed by atoms with E-state index in [0.717, 1.165) is 21.5 Å². The Morgan fingerprint density at radius 1 is 0.348 bits per heavy atom. The lowest BCUT2D eigenvalue weighted by Crippen LogP contribution is -2.10. The van der Waals surface area contributed by atoms with Crippen molar-refractivity contribution in [2.75, 3.05) is 0 Å². The Morgan fingerprint density at radius 2 is 0.783 bits per heavy atom. The van der Waals surface area contributed by atoms with E-state index in [1.807, 2.05) is 54.6 Å². The van der Waals surface area contributed by atoms with Crippen molar-refractivity contribution in [3.05, 3.63) is 113 Å². The standard InChI is InChI=1S/C32H14Cl6N8/c33-16-10-9-15-17(20(16)34)30-44-29(15)42-27-12-6-2-1-5-11(12)25(40-27)39-26-13-7-3-4-8-14(13)28(41-26)43-31-18-19(32(45-30)46-31)22(36)24(38)23(37)21(18)35/h1-10H,(H4,39,40,41,42,43,44,45,46). The zero-order valence-electron chi connectivity index (χ0n) is 22.8. The molecule has 4 aromatic carbocycles. The molecule has 4 N–H and O–H groups in total. The summed E-state index contributed by atoms with van der Waals surface area (Å²) >= 11 is 40.1. The van der Waals surface area contributed by atoms with Gasteiger partial charge in [-0.05, 0) is 12.1 Å². The number of halogens is 6. The van der Waals surface area contributed by atoms with Crippen molar-refractivity contribution in [3.8, 4) is 0 Å². The Kier molecular flexibility index (Phi) is 6.28. The second-order valence-corrected chi connectivity index (χ2v) is 12.9. The molecule has 4 aromatic heterocycles. The third kappa shape index (κ3) is 4.02. The zero-order valence-corrected chi connectivity index (χ0v) is 27.4. The lowest BCUT2D eigenvalue weighted by atomic mass is 10.2. The molecule has 0 spiro atoms. The maximum absolute atomic E-state index is 6.83. The van der Waals surface area contributed by atoms with Gasteiger partial charge in [0.05, 0.1) is 40.9 Å². The summed E-state index contributed by atoms with van der Waals surface area (Å²) in [6.07, 6.45) is 0. The Bertz CT molecular complexity index is 2900. The molecule has 0 saturated carbocycles. The van der Waals surface area contributed by atoms with Gasteiger partial charge in [-0.15, -0.1) is 0 Å². The number of rotatable bonds is 0. The Morgan fingerprint density at radius 3 is 1.35 bits per heavy atom. The molecular formula is C32H14Cl6N8. The van der Waals surface area contributed by atoms with E-state index in [2.05, 4.69) is 19.9 Å². The van der Waals surface area contributed by atoms with Crippen molar-refractivity contribution in [1.29, 1.82) is 0 Å². The Labute approximate surface area is 287 Å². The van der Waals surface area contributed by atoms with Gasteiger partial charge < -0.3 is 19.9 Å². The number of fused-ring (bicyclic) bond motifs is 20. The van der Waals surface area contributed by atoms with Gasteiger partial charge in [-0.1, -0.05) is 118 Å². The molecule has 1 aliphatic rings. The predicted octanol–water partition coefficient (Wildman–Crippen LogP) is 9.65. The lowest BCUT2D eigenvalue weighted by molar-refractivity contribution is 1.08. The first kappa shape index (κ1) is 28.2. The van der Waals surface area contributed by atoms with Gasteiger partial charge in [0, 0.05) is 32.3 Å². The first-order valence-electron chi connectivity index (χ1n) is 13.7. The summed E-state index contributed by atoms with van der Waals surface area (Å²) in [5.74, 6) is 1.99. The van der Waals surface area contributed by atoms with E-state index in [-0.39, 0.29) is 20.1 Å². The number of benzene rings is 4. The van der Waals surface area contributed by atoms with Gasteiger partial charge in [-0.3, -0.25) is 0 Å². The largest absolute Gasteiger partial charge is 0.324 e. The molecule has 0 aliphatic carbocycles. The van der Waals surface area contributed by atoms with Crippen LogP contribution in [0.4, 0.5) is 23.3 Å². The van der Waals surface area contributed by atoms with Crippen LogP contribution in [-0.4, -0.2) is 19.9 Å². The first-order chi connectivity index (χ1) is 22.3. The normalized spacial score (nSPS) is 12.8. The number of hydrogen-bond donors (Lipinski definition) is 4. The number of nitrogens with zero attached hydrogens (tertiary/aromatic N) is 4. The van der Waals surface area contributed by atoms with Gasteiger partial charge in [-0.2, -0.15) is 0 Å². The molecule has 5 heterocycles. The van der Waals surface area contributed by atoms with Crippen LogP contribution in [0.1, 0.15) is 0 Å². The molecule has 8 nitrogen and oxygen atoms in total. The van der Waals surface area contributed by atoms with Crippen LogP contribution >= 0.6 is 69.6 Å². The Hall–Kier alpha value is -4.02. The fourth-order valence-corrected chi connectivity index (χ4v) is 7.40. The van der Waals surface area contributed by atoms with Gasteiger partial charge in [0.25, 0.3) is 0 Å². The van der Waals surface area contributed by atoms with E-state index in [9.17, 15) is 0 Å². The van der Waals surface area contributed by atoms with E-state index in [1.54, 1.807) is 6.07 Å². The molecule has 1 aliphatic heterocycles. The second-order valence-electron chi connectivity index (χ2n) is 10.6. The highest BCUT2D eigenvalue weighted by Gasteiger charge is 2.22. The minimum absolute atomic E-state index is 0.0856. The van der Waals surface area contributed by atoms with Crippen molar-refractivity contribution in [2.24, 2.45) is 20.0 Å². The van der Waals surface area contributed by atoms with Crippen LogP contribution in [0.5, 0.6) is 0 Å². The zero-order chi connectivity index (χ0) is 31.4. The predicted molar refractivity (Wildman–Crippen MR) is 187 cm³/mol. The molecule has 8 bridgehead atoms. The molecule has 224 valence electrons. The number of aromatic nitrogens is 4. The first-order valence-corrected chi connectivity index (χ1v) is 16.0. The average molecular weight is 723 g/mol. The lowest BCUT2D eigenvalue weighted by Gasteiger charge is -2.04. The topological polar surface area (TPSA) is 113 Å².